The second-order valence-electron chi connectivity index (χ2n) is 6.55. The van der Waals surface area contributed by atoms with Crippen molar-refractivity contribution in [3.05, 3.63) is 72.1 Å². The quantitative estimate of drug-likeness (QED) is 0.699. The molecule has 5 heteroatoms. The molecule has 132 valence electrons. The van der Waals surface area contributed by atoms with Crippen molar-refractivity contribution in [2.24, 2.45) is 0 Å². The average Bonchev–Trinajstić information content (AvgIpc) is 3.37. The summed E-state index contributed by atoms with van der Waals surface area (Å²) in [6.07, 6.45) is 3.08. The molecule has 1 aliphatic rings. The van der Waals surface area contributed by atoms with Gasteiger partial charge in [0.15, 0.2) is 0 Å². The third-order valence-corrected chi connectivity index (χ3v) is 4.80. The van der Waals surface area contributed by atoms with E-state index in [0.717, 1.165) is 31.4 Å². The van der Waals surface area contributed by atoms with Gasteiger partial charge in [-0.05, 0) is 24.8 Å². The molecule has 1 fully saturated rings. The summed E-state index contributed by atoms with van der Waals surface area (Å²) in [5.74, 6) is 1.26. The molecule has 3 aromatic rings. The van der Waals surface area contributed by atoms with Gasteiger partial charge in [-0.15, -0.1) is 0 Å². The summed E-state index contributed by atoms with van der Waals surface area (Å²) in [7, 11) is 0. The van der Waals surface area contributed by atoms with Gasteiger partial charge in [0.1, 0.15) is 6.04 Å². The molecule has 1 saturated heterocycles. The predicted molar refractivity (Wildman–Crippen MR) is 98.2 cm³/mol. The van der Waals surface area contributed by atoms with E-state index in [-0.39, 0.29) is 11.9 Å². The number of carbonyl (C=O) groups is 1. The van der Waals surface area contributed by atoms with Crippen LogP contribution in [0.3, 0.4) is 0 Å². The zero-order valence-corrected chi connectivity index (χ0v) is 14.5. The number of aryl methyl sites for hydroxylation is 1. The zero-order valence-electron chi connectivity index (χ0n) is 14.5. The van der Waals surface area contributed by atoms with Gasteiger partial charge in [-0.3, -0.25) is 4.79 Å². The molecule has 1 aliphatic heterocycles. The summed E-state index contributed by atoms with van der Waals surface area (Å²) in [5.41, 5.74) is 2.10. The standard InChI is InChI=1S/C21H21N3O2/c25-19(14-13-16-8-3-1-4-9-16)24-15-7-12-18(24)21-22-20(23-26-21)17-10-5-2-6-11-17/h1-6,8-11,18H,7,12-15H2/t18-/m0/s1. The van der Waals surface area contributed by atoms with Crippen LogP contribution in [0.15, 0.2) is 65.2 Å². The maximum Gasteiger partial charge on any atom is 0.249 e. The number of hydrogen-bond acceptors (Lipinski definition) is 4. The van der Waals surface area contributed by atoms with E-state index in [1.54, 1.807) is 0 Å². The van der Waals surface area contributed by atoms with E-state index in [1.165, 1.54) is 5.56 Å². The maximum atomic E-state index is 12.7. The second-order valence-corrected chi connectivity index (χ2v) is 6.55. The number of carbonyl (C=O) groups excluding carboxylic acids is 1. The van der Waals surface area contributed by atoms with Crippen LogP contribution in [0.25, 0.3) is 11.4 Å². The van der Waals surface area contributed by atoms with Gasteiger partial charge in [0, 0.05) is 18.5 Å². The number of hydrogen-bond donors (Lipinski definition) is 0. The Hall–Kier alpha value is -2.95. The Morgan fingerprint density at radius 3 is 2.58 bits per heavy atom. The van der Waals surface area contributed by atoms with E-state index >= 15 is 0 Å². The topological polar surface area (TPSA) is 59.2 Å². The molecule has 0 N–H and O–H groups in total. The first-order valence-electron chi connectivity index (χ1n) is 9.04. The molecule has 0 bridgehead atoms. The van der Waals surface area contributed by atoms with Crippen molar-refractivity contribution in [1.82, 2.24) is 15.0 Å². The highest BCUT2D eigenvalue weighted by atomic mass is 16.5. The number of benzene rings is 2. The Morgan fingerprint density at radius 1 is 1.08 bits per heavy atom. The maximum absolute atomic E-state index is 12.7. The Morgan fingerprint density at radius 2 is 1.81 bits per heavy atom. The van der Waals surface area contributed by atoms with Crippen LogP contribution in [-0.2, 0) is 11.2 Å². The van der Waals surface area contributed by atoms with Gasteiger partial charge in [0.2, 0.25) is 17.6 Å². The summed E-state index contributed by atoms with van der Waals surface area (Å²) in [5, 5.41) is 4.09. The Bertz CT molecular complexity index is 861. The van der Waals surface area contributed by atoms with Gasteiger partial charge in [-0.1, -0.05) is 65.8 Å². The highest BCUT2D eigenvalue weighted by molar-refractivity contribution is 5.77. The van der Waals surface area contributed by atoms with E-state index in [1.807, 2.05) is 53.4 Å². The largest absolute Gasteiger partial charge is 0.337 e. The lowest BCUT2D eigenvalue weighted by Crippen LogP contribution is -2.30. The van der Waals surface area contributed by atoms with Crippen LogP contribution in [0.1, 0.15) is 36.8 Å². The van der Waals surface area contributed by atoms with Gasteiger partial charge in [-0.25, -0.2) is 0 Å². The van der Waals surface area contributed by atoms with Crippen LogP contribution < -0.4 is 0 Å². The van der Waals surface area contributed by atoms with Crippen molar-refractivity contribution in [3.8, 4) is 11.4 Å². The van der Waals surface area contributed by atoms with Crippen molar-refractivity contribution in [2.75, 3.05) is 6.54 Å². The van der Waals surface area contributed by atoms with Gasteiger partial charge in [0.05, 0.1) is 0 Å². The number of nitrogens with zero attached hydrogens (tertiary/aromatic N) is 3. The van der Waals surface area contributed by atoms with Crippen LogP contribution in [0.2, 0.25) is 0 Å². The van der Waals surface area contributed by atoms with E-state index in [0.29, 0.717) is 18.1 Å². The summed E-state index contributed by atoms with van der Waals surface area (Å²) in [6, 6.07) is 19.7. The fourth-order valence-corrected chi connectivity index (χ4v) is 3.44. The highest BCUT2D eigenvalue weighted by Gasteiger charge is 2.33. The molecule has 0 unspecified atom stereocenters. The lowest BCUT2D eigenvalue weighted by atomic mass is 10.1. The third kappa shape index (κ3) is 3.52. The minimum absolute atomic E-state index is 0.108. The molecule has 1 atom stereocenters. The molecule has 0 spiro atoms. The molecule has 5 nitrogen and oxygen atoms in total. The number of amides is 1. The predicted octanol–water partition coefficient (Wildman–Crippen LogP) is 4.03. The normalized spacial score (nSPS) is 16.8. The van der Waals surface area contributed by atoms with Crippen molar-refractivity contribution in [2.45, 2.75) is 31.7 Å². The molecular weight excluding hydrogens is 326 g/mol. The van der Waals surface area contributed by atoms with E-state index in [4.69, 9.17) is 4.52 Å². The average molecular weight is 347 g/mol. The summed E-state index contributed by atoms with van der Waals surface area (Å²) < 4.78 is 5.49. The van der Waals surface area contributed by atoms with E-state index in [2.05, 4.69) is 22.3 Å². The smallest absolute Gasteiger partial charge is 0.249 e. The van der Waals surface area contributed by atoms with Crippen molar-refractivity contribution < 1.29 is 9.32 Å². The molecule has 1 aromatic heterocycles. The lowest BCUT2D eigenvalue weighted by molar-refractivity contribution is -0.132. The molecule has 2 aromatic carbocycles. The van der Waals surface area contributed by atoms with Gasteiger partial charge in [0.25, 0.3) is 0 Å². The Labute approximate surface area is 152 Å². The van der Waals surface area contributed by atoms with Crippen LogP contribution in [0.5, 0.6) is 0 Å². The van der Waals surface area contributed by atoms with Gasteiger partial charge >= 0.3 is 0 Å². The van der Waals surface area contributed by atoms with E-state index < -0.39 is 0 Å². The minimum atomic E-state index is -0.108. The molecular formula is C21H21N3O2. The first-order valence-corrected chi connectivity index (χ1v) is 9.04. The van der Waals surface area contributed by atoms with Crippen LogP contribution >= 0.6 is 0 Å². The van der Waals surface area contributed by atoms with Crippen molar-refractivity contribution in [1.29, 1.82) is 0 Å². The van der Waals surface area contributed by atoms with Crippen molar-refractivity contribution in [3.63, 3.8) is 0 Å². The monoisotopic (exact) mass is 347 g/mol. The first kappa shape index (κ1) is 16.5. The fourth-order valence-electron chi connectivity index (χ4n) is 3.44. The molecule has 0 saturated carbocycles. The molecule has 0 radical (unpaired) electrons. The van der Waals surface area contributed by atoms with Crippen LogP contribution in [-0.4, -0.2) is 27.5 Å². The fraction of sp³-hybridized carbons (Fsp3) is 0.286. The molecule has 2 heterocycles. The van der Waals surface area contributed by atoms with Gasteiger partial charge < -0.3 is 9.42 Å². The molecule has 4 rings (SSSR count). The number of likely N-dealkylation sites (tertiary alicyclic amines) is 1. The zero-order chi connectivity index (χ0) is 17.8. The number of rotatable bonds is 5. The number of aromatic nitrogens is 2. The Kier molecular flexibility index (Phi) is 4.78. The lowest BCUT2D eigenvalue weighted by Gasteiger charge is -2.21. The SMILES string of the molecule is O=C(CCc1ccccc1)N1CCC[C@H]1c1nc(-c2ccccc2)no1. The van der Waals surface area contributed by atoms with Crippen LogP contribution in [0, 0.1) is 0 Å². The molecule has 26 heavy (non-hydrogen) atoms. The summed E-state index contributed by atoms with van der Waals surface area (Å²) >= 11 is 0. The molecule has 0 aliphatic carbocycles. The highest BCUT2D eigenvalue weighted by Crippen LogP contribution is 2.32. The van der Waals surface area contributed by atoms with E-state index in [9.17, 15) is 4.79 Å². The Balaban J connectivity index is 1.45. The second kappa shape index (κ2) is 7.52. The summed E-state index contributed by atoms with van der Waals surface area (Å²) in [4.78, 5) is 19.2. The van der Waals surface area contributed by atoms with Crippen LogP contribution in [0.4, 0.5) is 0 Å². The van der Waals surface area contributed by atoms with Crippen molar-refractivity contribution >= 4 is 5.91 Å². The third-order valence-electron chi connectivity index (χ3n) is 4.80. The molecule has 1 amide bonds. The first-order chi connectivity index (χ1) is 12.8. The van der Waals surface area contributed by atoms with Gasteiger partial charge in [-0.2, -0.15) is 4.98 Å². The minimum Gasteiger partial charge on any atom is -0.337 e. The summed E-state index contributed by atoms with van der Waals surface area (Å²) in [6.45, 7) is 0.751.